The fraction of sp³-hybridized carbons (Fsp3) is 0.429. The van der Waals surface area contributed by atoms with Crippen LogP contribution in [0.4, 0.5) is 0 Å². The van der Waals surface area contributed by atoms with Crippen molar-refractivity contribution in [1.29, 1.82) is 0 Å². The Morgan fingerprint density at radius 1 is 1.27 bits per heavy atom. The molecule has 1 aromatic rings. The molecule has 1 heteroatoms. The fourth-order valence-electron chi connectivity index (χ4n) is 2.00. The summed E-state index contributed by atoms with van der Waals surface area (Å²) in [4.78, 5) is 0. The van der Waals surface area contributed by atoms with E-state index in [4.69, 9.17) is 0 Å². The Labute approximate surface area is 91.1 Å². The molecule has 0 aliphatic heterocycles. The van der Waals surface area contributed by atoms with Gasteiger partial charge in [-0.05, 0) is 50.3 Å². The first-order valence-electron chi connectivity index (χ1n) is 5.50. The molecule has 0 unspecified atom stereocenters. The topological polar surface area (TPSA) is 20.2 Å². The van der Waals surface area contributed by atoms with Crippen LogP contribution in [0.2, 0.25) is 0 Å². The quantitative estimate of drug-likeness (QED) is 0.638. The lowest BCUT2D eigenvalue weighted by Gasteiger charge is -2.12. The van der Waals surface area contributed by atoms with Crippen LogP contribution < -0.4 is 0 Å². The van der Waals surface area contributed by atoms with Crippen LogP contribution in [0.25, 0.3) is 0 Å². The Bertz CT molecular complexity index is 403. The molecule has 0 saturated heterocycles. The molecular formula is C14H16O. The van der Waals surface area contributed by atoms with Crippen molar-refractivity contribution in [3.05, 3.63) is 35.4 Å². The molecule has 1 fully saturated rings. The second-order valence-corrected chi connectivity index (χ2v) is 4.36. The number of hydrogen-bond acceptors (Lipinski definition) is 1. The maximum atomic E-state index is 10.0. The van der Waals surface area contributed by atoms with E-state index in [1.807, 2.05) is 18.2 Å². The van der Waals surface area contributed by atoms with Gasteiger partial charge in [0.05, 0.1) is 0 Å². The number of hydrogen-bond donors (Lipinski definition) is 1. The Morgan fingerprint density at radius 2 is 2.00 bits per heavy atom. The third-order valence-corrected chi connectivity index (χ3v) is 2.89. The highest BCUT2D eigenvalue weighted by molar-refractivity contribution is 5.38. The molecular weight excluding hydrogens is 184 g/mol. The van der Waals surface area contributed by atoms with Crippen LogP contribution in [0, 0.1) is 18.8 Å². The van der Waals surface area contributed by atoms with Crippen molar-refractivity contribution in [3.8, 4) is 11.8 Å². The van der Waals surface area contributed by atoms with Gasteiger partial charge >= 0.3 is 0 Å². The molecule has 1 aromatic carbocycles. The van der Waals surface area contributed by atoms with Crippen molar-refractivity contribution < 1.29 is 5.11 Å². The van der Waals surface area contributed by atoms with Crippen LogP contribution in [0.3, 0.4) is 0 Å². The summed E-state index contributed by atoms with van der Waals surface area (Å²) in [6.45, 7) is 2.05. The van der Waals surface area contributed by atoms with Crippen molar-refractivity contribution in [3.63, 3.8) is 0 Å². The van der Waals surface area contributed by atoms with E-state index in [0.29, 0.717) is 0 Å². The Hall–Kier alpha value is -1.26. The maximum Gasteiger partial charge on any atom is 0.125 e. The summed E-state index contributed by atoms with van der Waals surface area (Å²) >= 11 is 0. The smallest absolute Gasteiger partial charge is 0.125 e. The van der Waals surface area contributed by atoms with Crippen molar-refractivity contribution in [2.45, 2.75) is 38.2 Å². The summed E-state index contributed by atoms with van der Waals surface area (Å²) in [5.74, 6) is 6.07. The van der Waals surface area contributed by atoms with Gasteiger partial charge in [-0.15, -0.1) is 0 Å². The summed E-state index contributed by atoms with van der Waals surface area (Å²) in [5.41, 5.74) is 1.49. The van der Waals surface area contributed by atoms with E-state index in [9.17, 15) is 5.11 Å². The van der Waals surface area contributed by atoms with Crippen LogP contribution in [-0.2, 0) is 0 Å². The van der Waals surface area contributed by atoms with E-state index in [-0.39, 0.29) is 0 Å². The van der Waals surface area contributed by atoms with Crippen molar-refractivity contribution in [2.24, 2.45) is 0 Å². The first kappa shape index (κ1) is 10.3. The van der Waals surface area contributed by atoms with Crippen molar-refractivity contribution >= 4 is 0 Å². The summed E-state index contributed by atoms with van der Waals surface area (Å²) in [5, 5.41) is 10.0. The average molecular weight is 200 g/mol. The standard InChI is InChI=1S/C14H16O/c1-12-5-4-6-13(11-12)7-10-14(15)8-2-3-9-14/h4-6,11,15H,2-3,8-9H2,1H3. The van der Waals surface area contributed by atoms with Crippen LogP contribution >= 0.6 is 0 Å². The zero-order valence-corrected chi connectivity index (χ0v) is 9.09. The third-order valence-electron chi connectivity index (χ3n) is 2.89. The lowest BCUT2D eigenvalue weighted by molar-refractivity contribution is 0.110. The molecule has 1 nitrogen and oxygen atoms in total. The lowest BCUT2D eigenvalue weighted by Crippen LogP contribution is -2.20. The average Bonchev–Trinajstić information content (AvgIpc) is 2.63. The first-order valence-corrected chi connectivity index (χ1v) is 5.50. The number of aryl methyl sites for hydroxylation is 1. The summed E-state index contributed by atoms with van der Waals surface area (Å²) < 4.78 is 0. The van der Waals surface area contributed by atoms with Gasteiger partial charge in [-0.3, -0.25) is 0 Å². The Balaban J connectivity index is 2.17. The van der Waals surface area contributed by atoms with E-state index < -0.39 is 5.60 Å². The van der Waals surface area contributed by atoms with E-state index in [0.717, 1.165) is 31.2 Å². The van der Waals surface area contributed by atoms with Crippen molar-refractivity contribution in [1.82, 2.24) is 0 Å². The van der Waals surface area contributed by atoms with Gasteiger partial charge < -0.3 is 5.11 Å². The number of rotatable bonds is 0. The largest absolute Gasteiger partial charge is 0.378 e. The minimum absolute atomic E-state index is 0.719. The second-order valence-electron chi connectivity index (χ2n) is 4.36. The molecule has 0 aromatic heterocycles. The van der Waals surface area contributed by atoms with Gasteiger partial charge in [0.15, 0.2) is 0 Å². The van der Waals surface area contributed by atoms with Gasteiger partial charge in [-0.1, -0.05) is 24.0 Å². The molecule has 2 rings (SSSR count). The van der Waals surface area contributed by atoms with E-state index in [2.05, 4.69) is 24.8 Å². The summed E-state index contributed by atoms with van der Waals surface area (Å²) in [6.07, 6.45) is 3.84. The molecule has 0 spiro atoms. The zero-order valence-electron chi connectivity index (χ0n) is 9.09. The van der Waals surface area contributed by atoms with Gasteiger partial charge in [-0.25, -0.2) is 0 Å². The predicted octanol–water partition coefficient (Wildman–Crippen LogP) is 2.65. The molecule has 0 radical (unpaired) electrons. The van der Waals surface area contributed by atoms with Crippen LogP contribution in [0.15, 0.2) is 24.3 Å². The summed E-state index contributed by atoms with van der Waals surface area (Å²) in [7, 11) is 0. The SMILES string of the molecule is Cc1cccc(C#CC2(O)CCCC2)c1. The molecule has 1 N–H and O–H groups in total. The molecule has 78 valence electrons. The minimum Gasteiger partial charge on any atom is -0.378 e. The van der Waals surface area contributed by atoms with Gasteiger partial charge in [0.25, 0.3) is 0 Å². The Morgan fingerprint density at radius 3 is 2.67 bits per heavy atom. The van der Waals surface area contributed by atoms with Gasteiger partial charge in [0.1, 0.15) is 5.60 Å². The fourth-order valence-corrected chi connectivity index (χ4v) is 2.00. The highest BCUT2D eigenvalue weighted by Gasteiger charge is 2.28. The molecule has 1 saturated carbocycles. The highest BCUT2D eigenvalue weighted by Crippen LogP contribution is 2.28. The first-order chi connectivity index (χ1) is 7.18. The Kier molecular flexibility index (Phi) is 2.79. The molecule has 0 bridgehead atoms. The maximum absolute atomic E-state index is 10.0. The number of aliphatic hydroxyl groups is 1. The molecule has 0 atom stereocenters. The molecule has 1 aliphatic rings. The summed E-state index contributed by atoms with van der Waals surface area (Å²) in [6, 6.07) is 8.08. The minimum atomic E-state index is -0.719. The monoisotopic (exact) mass is 200 g/mol. The van der Waals surface area contributed by atoms with Crippen LogP contribution in [0.1, 0.15) is 36.8 Å². The number of benzene rings is 1. The van der Waals surface area contributed by atoms with Gasteiger partial charge in [-0.2, -0.15) is 0 Å². The zero-order chi connectivity index (χ0) is 10.7. The van der Waals surface area contributed by atoms with Gasteiger partial charge in [0.2, 0.25) is 0 Å². The third kappa shape index (κ3) is 2.61. The molecule has 0 heterocycles. The highest BCUT2D eigenvalue weighted by atomic mass is 16.3. The van der Waals surface area contributed by atoms with E-state index in [1.165, 1.54) is 5.56 Å². The van der Waals surface area contributed by atoms with E-state index in [1.54, 1.807) is 0 Å². The second kappa shape index (κ2) is 4.08. The molecule has 1 aliphatic carbocycles. The molecule has 0 amide bonds. The normalized spacial score (nSPS) is 18.3. The van der Waals surface area contributed by atoms with E-state index >= 15 is 0 Å². The van der Waals surface area contributed by atoms with Gasteiger partial charge in [0, 0.05) is 5.56 Å². The van der Waals surface area contributed by atoms with Crippen molar-refractivity contribution in [2.75, 3.05) is 0 Å². The van der Waals surface area contributed by atoms with Crippen LogP contribution in [0.5, 0.6) is 0 Å². The lowest BCUT2D eigenvalue weighted by atomic mass is 10.0. The predicted molar refractivity (Wildman–Crippen MR) is 61.5 cm³/mol. The molecule has 15 heavy (non-hydrogen) atoms. The van der Waals surface area contributed by atoms with Crippen LogP contribution in [-0.4, -0.2) is 10.7 Å².